The van der Waals surface area contributed by atoms with Gasteiger partial charge in [-0.15, -0.1) is 11.3 Å². The maximum absolute atomic E-state index is 12.4. The standard InChI is InChI=1S/C19H14O6S/c20-9-4-12-18(15-6-10(21)7-17(24)25-15)11(16-2-1-3-26-16)8-14(23)19(12)13(22)5-9/h1-3,6-9,20-21,23H,4-5H2. The molecule has 0 saturated heterocycles. The van der Waals surface area contributed by atoms with Gasteiger partial charge in [0, 0.05) is 34.9 Å². The summed E-state index contributed by atoms with van der Waals surface area (Å²) in [5, 5.41) is 32.2. The minimum atomic E-state index is -0.893. The molecule has 0 fully saturated rings. The topological polar surface area (TPSA) is 108 Å². The molecule has 1 aliphatic carbocycles. The number of ketones is 1. The van der Waals surface area contributed by atoms with Crippen molar-refractivity contribution in [1.29, 1.82) is 0 Å². The molecule has 2 heterocycles. The predicted octanol–water partition coefficient (Wildman–Crippen LogP) is 2.94. The zero-order valence-corrected chi connectivity index (χ0v) is 14.2. The van der Waals surface area contributed by atoms with Crippen molar-refractivity contribution in [2.45, 2.75) is 18.9 Å². The normalized spacial score (nSPS) is 16.5. The molecule has 1 unspecified atom stereocenters. The van der Waals surface area contributed by atoms with Gasteiger partial charge in [0.05, 0.1) is 17.7 Å². The minimum absolute atomic E-state index is 0.0801. The first kappa shape index (κ1) is 16.6. The SMILES string of the molecule is O=C1CC(O)Cc2c1c(O)cc(-c1cccs1)c2-c1cc(O)cc(=O)o1. The van der Waals surface area contributed by atoms with Crippen molar-refractivity contribution in [3.05, 3.63) is 57.3 Å². The van der Waals surface area contributed by atoms with Crippen LogP contribution in [0.3, 0.4) is 0 Å². The van der Waals surface area contributed by atoms with Crippen LogP contribution in [0.5, 0.6) is 11.5 Å². The average molecular weight is 370 g/mol. The van der Waals surface area contributed by atoms with Crippen molar-refractivity contribution in [2.75, 3.05) is 0 Å². The van der Waals surface area contributed by atoms with Gasteiger partial charge in [0.15, 0.2) is 5.78 Å². The van der Waals surface area contributed by atoms with Crippen molar-refractivity contribution in [2.24, 2.45) is 0 Å². The summed E-state index contributed by atoms with van der Waals surface area (Å²) < 4.78 is 5.27. The number of aliphatic hydroxyl groups excluding tert-OH is 1. The number of rotatable bonds is 2. The molecule has 1 aromatic carbocycles. The van der Waals surface area contributed by atoms with Crippen LogP contribution in [0, 0.1) is 0 Å². The Morgan fingerprint density at radius 1 is 1.08 bits per heavy atom. The molecular formula is C19H14O6S. The zero-order valence-electron chi connectivity index (χ0n) is 13.4. The Bertz CT molecular complexity index is 1060. The van der Waals surface area contributed by atoms with Crippen molar-refractivity contribution >= 4 is 17.1 Å². The Morgan fingerprint density at radius 3 is 2.58 bits per heavy atom. The van der Waals surface area contributed by atoms with Gasteiger partial charge < -0.3 is 19.7 Å². The molecule has 26 heavy (non-hydrogen) atoms. The fourth-order valence-corrected chi connectivity index (χ4v) is 4.11. The van der Waals surface area contributed by atoms with E-state index in [0.29, 0.717) is 16.7 Å². The molecule has 0 bridgehead atoms. The molecule has 4 rings (SSSR count). The smallest absolute Gasteiger partial charge is 0.339 e. The van der Waals surface area contributed by atoms with Gasteiger partial charge in [-0.05, 0) is 23.1 Å². The number of carbonyl (C=O) groups is 1. The van der Waals surface area contributed by atoms with E-state index in [9.17, 15) is 24.9 Å². The Morgan fingerprint density at radius 2 is 1.88 bits per heavy atom. The van der Waals surface area contributed by atoms with Crippen LogP contribution in [0.25, 0.3) is 21.8 Å². The highest BCUT2D eigenvalue weighted by atomic mass is 32.1. The van der Waals surface area contributed by atoms with Crippen LogP contribution in [-0.2, 0) is 6.42 Å². The molecule has 0 amide bonds. The van der Waals surface area contributed by atoms with E-state index < -0.39 is 11.7 Å². The predicted molar refractivity (Wildman–Crippen MR) is 95.7 cm³/mol. The first-order valence-electron chi connectivity index (χ1n) is 7.92. The summed E-state index contributed by atoms with van der Waals surface area (Å²) in [4.78, 5) is 24.9. The highest BCUT2D eigenvalue weighted by Gasteiger charge is 2.32. The molecule has 0 saturated carbocycles. The van der Waals surface area contributed by atoms with Gasteiger partial charge in [-0.1, -0.05) is 6.07 Å². The molecule has 1 aliphatic rings. The molecular weight excluding hydrogens is 356 g/mol. The summed E-state index contributed by atoms with van der Waals surface area (Å²) in [6, 6.07) is 7.35. The van der Waals surface area contributed by atoms with Crippen LogP contribution in [0.4, 0.5) is 0 Å². The molecule has 2 aromatic heterocycles. The van der Waals surface area contributed by atoms with Crippen molar-refractivity contribution in [3.8, 4) is 33.3 Å². The van der Waals surface area contributed by atoms with Crippen LogP contribution < -0.4 is 5.63 Å². The number of hydrogen-bond acceptors (Lipinski definition) is 7. The Labute approximate surface area is 151 Å². The van der Waals surface area contributed by atoms with Crippen molar-refractivity contribution < 1.29 is 24.5 Å². The number of fused-ring (bicyclic) bond motifs is 1. The summed E-state index contributed by atoms with van der Waals surface area (Å²) in [6.45, 7) is 0. The van der Waals surface area contributed by atoms with Gasteiger partial charge in [0.25, 0.3) is 0 Å². The minimum Gasteiger partial charge on any atom is -0.508 e. The fourth-order valence-electron chi connectivity index (χ4n) is 3.36. The molecule has 0 radical (unpaired) electrons. The van der Waals surface area contributed by atoms with Gasteiger partial charge >= 0.3 is 5.63 Å². The number of benzene rings is 1. The first-order valence-corrected chi connectivity index (χ1v) is 8.80. The van der Waals surface area contributed by atoms with Crippen LogP contribution in [0.2, 0.25) is 0 Å². The molecule has 6 nitrogen and oxygen atoms in total. The number of aromatic hydroxyl groups is 2. The lowest BCUT2D eigenvalue weighted by Crippen LogP contribution is -2.25. The van der Waals surface area contributed by atoms with E-state index in [1.165, 1.54) is 23.5 Å². The Balaban J connectivity index is 2.11. The molecule has 3 N–H and O–H groups in total. The maximum atomic E-state index is 12.4. The maximum Gasteiger partial charge on any atom is 0.339 e. The van der Waals surface area contributed by atoms with Gasteiger partial charge in [0.2, 0.25) is 0 Å². The van der Waals surface area contributed by atoms with Crippen LogP contribution in [0.15, 0.2) is 44.9 Å². The first-order chi connectivity index (χ1) is 12.4. The molecule has 132 valence electrons. The lowest BCUT2D eigenvalue weighted by Gasteiger charge is -2.24. The van der Waals surface area contributed by atoms with Crippen molar-refractivity contribution in [3.63, 3.8) is 0 Å². The second-order valence-corrected chi connectivity index (χ2v) is 7.08. The van der Waals surface area contributed by atoms with E-state index >= 15 is 0 Å². The second-order valence-electron chi connectivity index (χ2n) is 6.13. The van der Waals surface area contributed by atoms with E-state index in [1.54, 1.807) is 0 Å². The molecule has 0 spiro atoms. The summed E-state index contributed by atoms with van der Waals surface area (Å²) in [5.41, 5.74) is 0.774. The fraction of sp³-hybridized carbons (Fsp3) is 0.158. The average Bonchev–Trinajstić information content (AvgIpc) is 3.06. The van der Waals surface area contributed by atoms with Gasteiger partial charge in [-0.3, -0.25) is 4.79 Å². The lowest BCUT2D eigenvalue weighted by molar-refractivity contribution is 0.0850. The second kappa shape index (κ2) is 6.12. The third kappa shape index (κ3) is 2.71. The van der Waals surface area contributed by atoms with Gasteiger partial charge in [0.1, 0.15) is 17.3 Å². The van der Waals surface area contributed by atoms with Crippen molar-refractivity contribution in [1.82, 2.24) is 0 Å². The monoisotopic (exact) mass is 370 g/mol. The summed E-state index contributed by atoms with van der Waals surface area (Å²) in [5.74, 6) is -0.737. The zero-order chi connectivity index (χ0) is 18.4. The largest absolute Gasteiger partial charge is 0.508 e. The highest BCUT2D eigenvalue weighted by Crippen LogP contribution is 2.44. The van der Waals surface area contributed by atoms with E-state index in [4.69, 9.17) is 4.42 Å². The molecule has 0 aliphatic heterocycles. The number of thiophene rings is 1. The van der Waals surface area contributed by atoms with Crippen LogP contribution >= 0.6 is 11.3 Å². The molecule has 3 aromatic rings. The number of phenols is 1. The third-order valence-electron chi connectivity index (χ3n) is 4.34. The van der Waals surface area contributed by atoms with E-state index in [1.807, 2.05) is 17.5 Å². The van der Waals surface area contributed by atoms with Crippen LogP contribution in [-0.4, -0.2) is 27.2 Å². The van der Waals surface area contributed by atoms with Gasteiger partial charge in [-0.25, -0.2) is 4.79 Å². The quantitative estimate of drug-likeness (QED) is 0.640. The molecule has 7 heteroatoms. The number of phenolic OH excluding ortho intramolecular Hbond substituents is 1. The highest BCUT2D eigenvalue weighted by molar-refractivity contribution is 7.13. The number of hydrogen-bond donors (Lipinski definition) is 3. The summed E-state index contributed by atoms with van der Waals surface area (Å²) in [7, 11) is 0. The summed E-state index contributed by atoms with van der Waals surface area (Å²) in [6.07, 6.45) is -0.846. The number of aliphatic hydroxyl groups is 1. The lowest BCUT2D eigenvalue weighted by atomic mass is 9.82. The van der Waals surface area contributed by atoms with Crippen LogP contribution in [0.1, 0.15) is 22.3 Å². The van der Waals surface area contributed by atoms with E-state index in [-0.39, 0.29) is 41.4 Å². The number of Topliss-reactive ketones (excluding diaryl/α,β-unsaturated/α-hetero) is 1. The summed E-state index contributed by atoms with van der Waals surface area (Å²) >= 11 is 1.41. The molecule has 1 atom stereocenters. The Hall–Kier alpha value is -2.90. The van der Waals surface area contributed by atoms with E-state index in [0.717, 1.165) is 10.9 Å². The van der Waals surface area contributed by atoms with Gasteiger partial charge in [-0.2, -0.15) is 0 Å². The number of carbonyl (C=O) groups excluding carboxylic acids is 1. The third-order valence-corrected chi connectivity index (χ3v) is 5.24. The Kier molecular flexibility index (Phi) is 3.90. The van der Waals surface area contributed by atoms with E-state index in [2.05, 4.69) is 0 Å².